The minimum atomic E-state index is -0.977. The molecule has 0 bridgehead atoms. The van der Waals surface area contributed by atoms with E-state index in [0.717, 1.165) is 16.6 Å². The van der Waals surface area contributed by atoms with E-state index in [2.05, 4.69) is 21.2 Å². The van der Waals surface area contributed by atoms with Crippen molar-refractivity contribution in [3.05, 3.63) is 34.3 Å². The number of hydrogen-bond donors (Lipinski definition) is 2. The summed E-state index contributed by atoms with van der Waals surface area (Å²) in [6, 6.07) is 7.61. The van der Waals surface area contributed by atoms with Crippen molar-refractivity contribution in [3.63, 3.8) is 0 Å². The van der Waals surface area contributed by atoms with Crippen molar-refractivity contribution in [2.24, 2.45) is 11.7 Å². The minimum absolute atomic E-state index is 0. The highest BCUT2D eigenvalue weighted by atomic mass is 79.9. The lowest BCUT2D eigenvalue weighted by atomic mass is 9.88. The van der Waals surface area contributed by atoms with Gasteiger partial charge in [-0.1, -0.05) is 47.3 Å². The van der Waals surface area contributed by atoms with E-state index in [9.17, 15) is 4.79 Å². The molecule has 21 heavy (non-hydrogen) atoms. The number of rotatable bonds is 4. The van der Waals surface area contributed by atoms with Crippen LogP contribution in [0.5, 0.6) is 0 Å². The van der Waals surface area contributed by atoms with Gasteiger partial charge in [0.05, 0.1) is 0 Å². The first-order chi connectivity index (χ1) is 9.50. The van der Waals surface area contributed by atoms with Crippen molar-refractivity contribution < 1.29 is 4.79 Å². The number of nitrogens with two attached hydrogens (primary N) is 1. The average molecular weight is 376 g/mol. The summed E-state index contributed by atoms with van der Waals surface area (Å²) in [6.07, 6.45) is 6.35. The predicted molar refractivity (Wildman–Crippen MR) is 92.5 cm³/mol. The number of hydrogen-bond acceptors (Lipinski definition) is 2. The number of benzene rings is 1. The Kier molecular flexibility index (Phi) is 7.17. The van der Waals surface area contributed by atoms with Crippen molar-refractivity contribution in [1.29, 1.82) is 0 Å². The molecule has 1 unspecified atom stereocenters. The molecule has 3 nitrogen and oxygen atoms in total. The fourth-order valence-corrected chi connectivity index (χ4v) is 3.00. The van der Waals surface area contributed by atoms with Crippen molar-refractivity contribution in [2.45, 2.75) is 44.6 Å². The Morgan fingerprint density at radius 2 is 1.86 bits per heavy atom. The van der Waals surface area contributed by atoms with E-state index in [0.29, 0.717) is 5.92 Å². The van der Waals surface area contributed by atoms with E-state index in [4.69, 9.17) is 5.73 Å². The molecule has 0 aromatic heterocycles. The molecule has 1 atom stereocenters. The summed E-state index contributed by atoms with van der Waals surface area (Å²) in [5.74, 6) is 0.527. The molecule has 0 saturated heterocycles. The van der Waals surface area contributed by atoms with Gasteiger partial charge in [0.1, 0.15) is 5.54 Å². The molecule has 1 amide bonds. The van der Waals surface area contributed by atoms with Gasteiger partial charge < -0.3 is 11.1 Å². The smallest absolute Gasteiger partial charge is 0.244 e. The molecule has 0 spiro atoms. The Hall–Kier alpha value is -0.580. The van der Waals surface area contributed by atoms with Gasteiger partial charge in [0, 0.05) is 11.0 Å². The second-order valence-corrected chi connectivity index (χ2v) is 6.84. The fourth-order valence-electron chi connectivity index (χ4n) is 2.74. The zero-order chi connectivity index (χ0) is 14.6. The van der Waals surface area contributed by atoms with Crippen molar-refractivity contribution >= 4 is 34.2 Å². The Morgan fingerprint density at radius 1 is 1.29 bits per heavy atom. The maximum Gasteiger partial charge on any atom is 0.244 e. The van der Waals surface area contributed by atoms with Crippen LogP contribution in [-0.4, -0.2) is 12.5 Å². The zero-order valence-corrected chi connectivity index (χ0v) is 14.8. The summed E-state index contributed by atoms with van der Waals surface area (Å²) in [4.78, 5) is 12.3. The Labute approximate surface area is 141 Å². The first-order valence-electron chi connectivity index (χ1n) is 7.33. The van der Waals surface area contributed by atoms with Crippen LogP contribution < -0.4 is 11.1 Å². The lowest BCUT2D eigenvalue weighted by molar-refractivity contribution is -0.126. The van der Waals surface area contributed by atoms with Gasteiger partial charge in [-0.25, -0.2) is 0 Å². The third kappa shape index (κ3) is 4.97. The topological polar surface area (TPSA) is 55.1 Å². The van der Waals surface area contributed by atoms with Crippen LogP contribution in [0.4, 0.5) is 0 Å². The van der Waals surface area contributed by atoms with Crippen molar-refractivity contribution in [1.82, 2.24) is 5.32 Å². The van der Waals surface area contributed by atoms with Crippen LogP contribution in [0.15, 0.2) is 28.7 Å². The number of carbonyl (C=O) groups excluding carboxylic acids is 1. The Morgan fingerprint density at radius 3 is 2.43 bits per heavy atom. The normalized spacial score (nSPS) is 18.4. The fraction of sp³-hybridized carbons (Fsp3) is 0.562. The highest BCUT2D eigenvalue weighted by molar-refractivity contribution is 9.10. The van der Waals surface area contributed by atoms with Gasteiger partial charge in [0.25, 0.3) is 0 Å². The molecule has 118 valence electrons. The average Bonchev–Trinajstić information content (AvgIpc) is 2.46. The molecule has 2 rings (SSSR count). The van der Waals surface area contributed by atoms with E-state index in [1.807, 2.05) is 24.3 Å². The van der Waals surface area contributed by atoms with E-state index in [-0.39, 0.29) is 18.3 Å². The van der Waals surface area contributed by atoms with Gasteiger partial charge in [-0.3, -0.25) is 4.79 Å². The first-order valence-corrected chi connectivity index (χ1v) is 8.12. The molecule has 0 aliphatic heterocycles. The van der Waals surface area contributed by atoms with Crippen LogP contribution in [0.3, 0.4) is 0 Å². The molecular weight excluding hydrogens is 352 g/mol. The first kappa shape index (κ1) is 18.5. The summed E-state index contributed by atoms with van der Waals surface area (Å²) in [5.41, 5.74) is 6.08. The molecule has 0 radical (unpaired) electrons. The van der Waals surface area contributed by atoms with Crippen LogP contribution in [0.2, 0.25) is 0 Å². The van der Waals surface area contributed by atoms with E-state index >= 15 is 0 Å². The van der Waals surface area contributed by atoms with Crippen LogP contribution in [0.25, 0.3) is 0 Å². The molecule has 1 saturated carbocycles. The number of amides is 1. The Bertz CT molecular complexity index is 456. The highest BCUT2D eigenvalue weighted by Gasteiger charge is 2.30. The summed E-state index contributed by atoms with van der Waals surface area (Å²) >= 11 is 3.39. The summed E-state index contributed by atoms with van der Waals surface area (Å²) in [6.45, 7) is 2.52. The van der Waals surface area contributed by atoms with Crippen LogP contribution in [0.1, 0.15) is 44.6 Å². The molecule has 0 heterocycles. The van der Waals surface area contributed by atoms with E-state index in [1.165, 1.54) is 32.1 Å². The third-order valence-electron chi connectivity index (χ3n) is 4.19. The summed E-state index contributed by atoms with van der Waals surface area (Å²) in [5, 5.41) is 3.03. The van der Waals surface area contributed by atoms with Gasteiger partial charge >= 0.3 is 0 Å². The molecular formula is C16H24BrClN2O. The second kappa shape index (κ2) is 8.16. The van der Waals surface area contributed by atoms with Crippen molar-refractivity contribution in [3.8, 4) is 0 Å². The molecule has 3 N–H and O–H groups in total. The van der Waals surface area contributed by atoms with Crippen LogP contribution in [0, 0.1) is 5.92 Å². The predicted octanol–water partition coefficient (Wildman–Crippen LogP) is 3.74. The van der Waals surface area contributed by atoms with Crippen LogP contribution >= 0.6 is 28.3 Å². The molecule has 5 heteroatoms. The standard InChI is InChI=1S/C16H23BrN2O.ClH/c1-16(18,13-7-9-14(17)10-8-13)15(20)19-11-12-5-3-2-4-6-12;/h7-10,12H,2-6,11,18H2,1H3,(H,19,20);1H. The van der Waals surface area contributed by atoms with Gasteiger partial charge in [0.15, 0.2) is 0 Å². The monoisotopic (exact) mass is 374 g/mol. The largest absolute Gasteiger partial charge is 0.354 e. The molecule has 1 fully saturated rings. The third-order valence-corrected chi connectivity index (χ3v) is 4.72. The SMILES string of the molecule is CC(N)(C(=O)NCC1CCCCC1)c1ccc(Br)cc1.Cl. The molecule has 1 aromatic rings. The van der Waals surface area contributed by atoms with Gasteiger partial charge in [-0.15, -0.1) is 12.4 Å². The van der Waals surface area contributed by atoms with E-state index in [1.54, 1.807) is 6.92 Å². The van der Waals surface area contributed by atoms with Crippen molar-refractivity contribution in [2.75, 3.05) is 6.54 Å². The maximum absolute atomic E-state index is 12.3. The molecule has 1 aliphatic rings. The highest BCUT2D eigenvalue weighted by Crippen LogP contribution is 2.24. The summed E-state index contributed by atoms with van der Waals surface area (Å²) < 4.78 is 0.986. The van der Waals surface area contributed by atoms with Gasteiger partial charge in [-0.05, 0) is 43.4 Å². The number of halogens is 2. The maximum atomic E-state index is 12.3. The Balaban J connectivity index is 0.00000220. The number of carbonyl (C=O) groups is 1. The van der Waals surface area contributed by atoms with Crippen LogP contribution in [-0.2, 0) is 10.3 Å². The number of nitrogens with one attached hydrogen (secondary N) is 1. The summed E-state index contributed by atoms with van der Waals surface area (Å²) in [7, 11) is 0. The van der Waals surface area contributed by atoms with Gasteiger partial charge in [-0.2, -0.15) is 0 Å². The quantitative estimate of drug-likeness (QED) is 0.842. The second-order valence-electron chi connectivity index (χ2n) is 5.92. The zero-order valence-electron chi connectivity index (χ0n) is 12.4. The lowest BCUT2D eigenvalue weighted by Crippen LogP contribution is -2.50. The lowest BCUT2D eigenvalue weighted by Gasteiger charge is -2.27. The van der Waals surface area contributed by atoms with E-state index < -0.39 is 5.54 Å². The molecule has 1 aliphatic carbocycles. The molecule has 1 aromatic carbocycles. The van der Waals surface area contributed by atoms with Gasteiger partial charge in [0.2, 0.25) is 5.91 Å². The minimum Gasteiger partial charge on any atom is -0.354 e.